The average molecular weight is 441 g/mol. The summed E-state index contributed by atoms with van der Waals surface area (Å²) < 4.78 is 1.19. The second-order valence-corrected chi connectivity index (χ2v) is 7.37. The molecule has 1 fully saturated rings. The largest absolute Gasteiger partial charge is 0.463 e. The van der Waals surface area contributed by atoms with Crippen LogP contribution in [0.15, 0.2) is 41.5 Å². The van der Waals surface area contributed by atoms with Crippen molar-refractivity contribution in [3.05, 3.63) is 53.3 Å². The highest BCUT2D eigenvalue weighted by molar-refractivity contribution is 5.91. The highest BCUT2D eigenvalue weighted by atomic mass is 16.7. The first-order valence-electron chi connectivity index (χ1n) is 10.1. The Hall–Kier alpha value is -3.93. The molecule has 1 saturated heterocycles. The van der Waals surface area contributed by atoms with Gasteiger partial charge in [-0.25, -0.2) is 14.4 Å². The Morgan fingerprint density at radius 2 is 2.09 bits per heavy atom. The van der Waals surface area contributed by atoms with Crippen LogP contribution in [0.5, 0.6) is 0 Å². The number of nitrogens with zero attached hydrogens (tertiary/aromatic N) is 5. The van der Waals surface area contributed by atoms with Crippen molar-refractivity contribution < 1.29 is 24.3 Å². The van der Waals surface area contributed by atoms with E-state index in [0.717, 1.165) is 5.56 Å². The summed E-state index contributed by atoms with van der Waals surface area (Å²) in [6.45, 7) is 2.63. The van der Waals surface area contributed by atoms with Crippen LogP contribution in [0.25, 0.3) is 0 Å². The quantitative estimate of drug-likeness (QED) is 0.456. The maximum Gasteiger partial charge on any atom is 0.432 e. The molecule has 32 heavy (non-hydrogen) atoms. The van der Waals surface area contributed by atoms with Gasteiger partial charge in [-0.2, -0.15) is 19.8 Å². The van der Waals surface area contributed by atoms with E-state index < -0.39 is 30.2 Å². The third-order valence-corrected chi connectivity index (χ3v) is 5.35. The van der Waals surface area contributed by atoms with Gasteiger partial charge in [0.15, 0.2) is 0 Å². The number of nitrogens with one attached hydrogen (secondary N) is 1. The van der Waals surface area contributed by atoms with Gasteiger partial charge in [-0.05, 0) is 12.5 Å². The Balaban J connectivity index is 1.68. The molecule has 2 aliphatic heterocycles. The molecule has 0 aliphatic carbocycles. The van der Waals surface area contributed by atoms with E-state index >= 15 is 0 Å². The van der Waals surface area contributed by atoms with Gasteiger partial charge in [0.2, 0.25) is 0 Å². The normalized spacial score (nSPS) is 19.8. The average Bonchev–Trinajstić information content (AvgIpc) is 3.31. The van der Waals surface area contributed by atoms with Crippen molar-refractivity contribution in [3.63, 3.8) is 0 Å². The number of hydroxylamine groups is 2. The summed E-state index contributed by atoms with van der Waals surface area (Å²) in [4.78, 5) is 47.4. The highest BCUT2D eigenvalue weighted by Gasteiger charge is 2.51. The molecular formula is C20H23N7O5. The number of urea groups is 1. The minimum Gasteiger partial charge on any atom is -0.463 e. The molecule has 2 aromatic rings. The van der Waals surface area contributed by atoms with E-state index in [2.05, 4.69) is 15.4 Å². The van der Waals surface area contributed by atoms with Crippen molar-refractivity contribution >= 4 is 24.0 Å². The van der Waals surface area contributed by atoms with Gasteiger partial charge in [-0.1, -0.05) is 30.3 Å². The molecule has 1 unspecified atom stereocenters. The molecule has 4 amide bonds. The Labute approximate surface area is 183 Å². The smallest absolute Gasteiger partial charge is 0.432 e. The van der Waals surface area contributed by atoms with E-state index in [0.29, 0.717) is 17.8 Å². The van der Waals surface area contributed by atoms with E-state index in [1.165, 1.54) is 20.8 Å². The summed E-state index contributed by atoms with van der Waals surface area (Å²) in [5, 5.41) is 17.1. The number of fused-ring (bicyclic) bond motifs is 4. The lowest BCUT2D eigenvalue weighted by Crippen LogP contribution is -2.40. The molecule has 3 heterocycles. The zero-order chi connectivity index (χ0) is 22.8. The number of amidine groups is 1. The lowest BCUT2D eigenvalue weighted by molar-refractivity contribution is -0.141. The van der Waals surface area contributed by atoms with E-state index in [9.17, 15) is 14.4 Å². The van der Waals surface area contributed by atoms with E-state index in [1.54, 1.807) is 6.92 Å². The standard InChI is InChI=1S/C20H23N7O5/c1-2-22-18(28)26-17-13(9-23-26)15-10-25(14(17)8-16(21)24-19(29)30)20(31)27(15)32-11-12-6-4-3-5-7-12/h3-7,9,14-15H,2,8,10-11H2,1H3,(H2,21,24)(H,22,28)(H,29,30)/t14?,15-/m1/s1. The van der Waals surface area contributed by atoms with Gasteiger partial charge in [0, 0.05) is 18.5 Å². The second kappa shape index (κ2) is 8.67. The Bertz CT molecular complexity index is 1070. The number of amides is 4. The van der Waals surface area contributed by atoms with Crippen LogP contribution in [0.4, 0.5) is 14.4 Å². The topological polar surface area (TPSA) is 155 Å². The predicted octanol–water partition coefficient (Wildman–Crippen LogP) is 1.85. The first kappa shape index (κ1) is 21.3. The molecule has 2 aliphatic rings. The zero-order valence-electron chi connectivity index (χ0n) is 17.3. The number of rotatable bonds is 6. The van der Waals surface area contributed by atoms with Crippen LogP contribution in [0.1, 0.15) is 42.2 Å². The maximum atomic E-state index is 13.2. The first-order chi connectivity index (χ1) is 15.4. The number of aromatic nitrogens is 2. The Kier molecular flexibility index (Phi) is 5.77. The number of aliphatic imine (C=N–C) groups is 1. The van der Waals surface area contributed by atoms with Crippen LogP contribution in [-0.4, -0.2) is 61.9 Å². The van der Waals surface area contributed by atoms with Crippen molar-refractivity contribution in [2.75, 3.05) is 13.1 Å². The minimum absolute atomic E-state index is 0.0740. The van der Waals surface area contributed by atoms with Crippen LogP contribution in [-0.2, 0) is 11.4 Å². The molecule has 0 spiro atoms. The van der Waals surface area contributed by atoms with Crippen LogP contribution >= 0.6 is 0 Å². The predicted molar refractivity (Wildman–Crippen MR) is 112 cm³/mol. The van der Waals surface area contributed by atoms with Crippen LogP contribution < -0.4 is 11.1 Å². The number of carbonyl (C=O) groups is 3. The number of hydrogen-bond donors (Lipinski definition) is 3. The molecule has 1 aromatic heterocycles. The number of carbonyl (C=O) groups excluding carboxylic acids is 2. The molecule has 0 saturated carbocycles. The molecule has 12 nitrogen and oxygen atoms in total. The summed E-state index contributed by atoms with van der Waals surface area (Å²) in [6, 6.07) is 7.35. The molecule has 2 atom stereocenters. The molecule has 1 aromatic carbocycles. The van der Waals surface area contributed by atoms with Crippen LogP contribution in [0.2, 0.25) is 0 Å². The number of carboxylic acid groups (broad SMARTS) is 1. The molecular weight excluding hydrogens is 418 g/mol. The van der Waals surface area contributed by atoms with Crippen molar-refractivity contribution in [3.8, 4) is 0 Å². The lowest BCUT2D eigenvalue weighted by atomic mass is 9.95. The summed E-state index contributed by atoms with van der Waals surface area (Å²) >= 11 is 0. The number of benzene rings is 1. The van der Waals surface area contributed by atoms with Crippen molar-refractivity contribution in [1.82, 2.24) is 25.1 Å². The van der Waals surface area contributed by atoms with Crippen molar-refractivity contribution in [2.45, 2.75) is 32.0 Å². The van der Waals surface area contributed by atoms with Gasteiger partial charge >= 0.3 is 18.2 Å². The molecule has 168 valence electrons. The zero-order valence-corrected chi connectivity index (χ0v) is 17.3. The highest BCUT2D eigenvalue weighted by Crippen LogP contribution is 2.45. The van der Waals surface area contributed by atoms with E-state index in [1.807, 2.05) is 30.3 Å². The SMILES string of the molecule is CCNC(=O)n1ncc2c1C(CC(N)=NC(=O)O)N1C[C@H]2N(OCc2ccccc2)C1=O. The van der Waals surface area contributed by atoms with Crippen LogP contribution in [0, 0.1) is 0 Å². The summed E-state index contributed by atoms with van der Waals surface area (Å²) in [5.41, 5.74) is 7.80. The summed E-state index contributed by atoms with van der Waals surface area (Å²) in [6.07, 6.45) is 0.0194. The van der Waals surface area contributed by atoms with Gasteiger partial charge in [-0.15, -0.1) is 0 Å². The van der Waals surface area contributed by atoms with Crippen molar-refractivity contribution in [2.24, 2.45) is 10.7 Å². The van der Waals surface area contributed by atoms with Gasteiger partial charge in [0.25, 0.3) is 0 Å². The Morgan fingerprint density at radius 1 is 1.34 bits per heavy atom. The number of hydrogen-bond acceptors (Lipinski definition) is 5. The monoisotopic (exact) mass is 441 g/mol. The molecule has 0 radical (unpaired) electrons. The van der Waals surface area contributed by atoms with E-state index in [-0.39, 0.29) is 25.4 Å². The minimum atomic E-state index is -1.44. The van der Waals surface area contributed by atoms with Gasteiger partial charge in [0.1, 0.15) is 18.5 Å². The number of nitrogens with two attached hydrogens (primary N) is 1. The fourth-order valence-electron chi connectivity index (χ4n) is 4.02. The van der Waals surface area contributed by atoms with Crippen LogP contribution in [0.3, 0.4) is 0 Å². The van der Waals surface area contributed by atoms with Gasteiger partial charge in [-0.3, -0.25) is 4.84 Å². The third-order valence-electron chi connectivity index (χ3n) is 5.35. The third kappa shape index (κ3) is 3.87. The van der Waals surface area contributed by atoms with E-state index in [4.69, 9.17) is 15.7 Å². The molecule has 4 rings (SSSR count). The molecule has 12 heteroatoms. The fourth-order valence-corrected chi connectivity index (χ4v) is 4.02. The first-order valence-corrected chi connectivity index (χ1v) is 10.1. The molecule has 4 N–H and O–H groups in total. The maximum absolute atomic E-state index is 13.2. The Morgan fingerprint density at radius 3 is 2.78 bits per heavy atom. The van der Waals surface area contributed by atoms with Gasteiger partial charge < -0.3 is 21.1 Å². The summed E-state index contributed by atoms with van der Waals surface area (Å²) in [7, 11) is 0. The lowest BCUT2D eigenvalue weighted by Gasteiger charge is -2.31. The van der Waals surface area contributed by atoms with Gasteiger partial charge in [0.05, 0.1) is 24.5 Å². The second-order valence-electron chi connectivity index (χ2n) is 7.37. The molecule has 2 bridgehead atoms. The summed E-state index contributed by atoms with van der Waals surface area (Å²) in [5.74, 6) is -0.174. The van der Waals surface area contributed by atoms with Crippen molar-refractivity contribution in [1.29, 1.82) is 0 Å². The fraction of sp³-hybridized carbons (Fsp3) is 0.350.